The Labute approximate surface area is 107 Å². The molecule has 4 heteroatoms. The normalized spacial score (nSPS) is 14.8. The first-order valence-corrected chi connectivity index (χ1v) is 6.38. The van der Waals surface area contributed by atoms with E-state index in [4.69, 9.17) is 10.8 Å². The lowest BCUT2D eigenvalue weighted by Gasteiger charge is -2.28. The lowest BCUT2D eigenvalue weighted by molar-refractivity contribution is 0.0697. The second kappa shape index (κ2) is 4.88. The third-order valence-electron chi connectivity index (χ3n) is 3.14. The highest BCUT2D eigenvalue weighted by Crippen LogP contribution is 2.35. The van der Waals surface area contributed by atoms with Gasteiger partial charge in [-0.2, -0.15) is 0 Å². The average Bonchev–Trinajstić information content (AvgIpc) is 3.10. The van der Waals surface area contributed by atoms with Gasteiger partial charge in [-0.05, 0) is 37.0 Å². The average molecular weight is 248 g/mol. The number of rotatable bonds is 5. The minimum atomic E-state index is -0.906. The molecule has 0 atom stereocenters. The van der Waals surface area contributed by atoms with Crippen LogP contribution in [0.25, 0.3) is 0 Å². The Morgan fingerprint density at radius 2 is 2.17 bits per heavy atom. The molecule has 1 saturated carbocycles. The van der Waals surface area contributed by atoms with Crippen LogP contribution in [0.1, 0.15) is 37.0 Å². The first-order valence-electron chi connectivity index (χ1n) is 6.38. The van der Waals surface area contributed by atoms with E-state index in [-0.39, 0.29) is 0 Å². The predicted octanol–water partition coefficient (Wildman–Crippen LogP) is 2.59. The number of carbonyl (C=O) groups is 1. The Morgan fingerprint density at radius 1 is 1.50 bits per heavy atom. The van der Waals surface area contributed by atoms with E-state index in [1.54, 1.807) is 18.2 Å². The number of nitrogen functional groups attached to an aromatic ring is 1. The van der Waals surface area contributed by atoms with E-state index in [2.05, 4.69) is 18.7 Å². The Bertz CT molecular complexity index is 453. The van der Waals surface area contributed by atoms with Crippen LogP contribution in [0.15, 0.2) is 18.2 Å². The minimum absolute atomic E-state index is 0.300. The van der Waals surface area contributed by atoms with Crippen molar-refractivity contribution in [3.05, 3.63) is 23.8 Å². The number of hydrogen-bond donors (Lipinski definition) is 2. The van der Waals surface area contributed by atoms with Gasteiger partial charge in [0.1, 0.15) is 0 Å². The van der Waals surface area contributed by atoms with Crippen molar-refractivity contribution < 1.29 is 9.90 Å². The summed E-state index contributed by atoms with van der Waals surface area (Å²) in [5.74, 6) is -0.380. The van der Waals surface area contributed by atoms with Gasteiger partial charge in [-0.3, -0.25) is 0 Å². The zero-order valence-corrected chi connectivity index (χ0v) is 10.9. The van der Waals surface area contributed by atoms with E-state index in [9.17, 15) is 4.79 Å². The summed E-state index contributed by atoms with van der Waals surface area (Å²) in [6.07, 6.45) is 2.34. The summed E-state index contributed by atoms with van der Waals surface area (Å²) in [6.45, 7) is 5.23. The van der Waals surface area contributed by atoms with Crippen molar-refractivity contribution in [3.63, 3.8) is 0 Å². The van der Waals surface area contributed by atoms with Crippen LogP contribution in [-0.4, -0.2) is 23.7 Å². The third kappa shape index (κ3) is 2.75. The smallest absolute Gasteiger partial charge is 0.335 e. The van der Waals surface area contributed by atoms with Gasteiger partial charge in [-0.25, -0.2) is 4.79 Å². The molecule has 2 rings (SSSR count). The lowest BCUT2D eigenvalue weighted by atomic mass is 10.1. The van der Waals surface area contributed by atoms with Crippen molar-refractivity contribution in [2.24, 2.45) is 5.92 Å². The van der Waals surface area contributed by atoms with Gasteiger partial charge in [-0.1, -0.05) is 13.8 Å². The lowest BCUT2D eigenvalue weighted by Crippen LogP contribution is -2.30. The molecule has 0 radical (unpaired) electrons. The third-order valence-corrected chi connectivity index (χ3v) is 3.14. The molecular formula is C14H20N2O2. The standard InChI is InChI=1S/C14H20N2O2/c1-9(2)8-16(11-4-5-11)13-7-10(14(17)18)3-6-12(13)15/h3,6-7,9,11H,4-5,8,15H2,1-2H3,(H,17,18). The molecule has 4 nitrogen and oxygen atoms in total. The minimum Gasteiger partial charge on any atom is -0.478 e. The van der Waals surface area contributed by atoms with E-state index in [1.165, 1.54) is 12.8 Å². The topological polar surface area (TPSA) is 66.6 Å². The Hall–Kier alpha value is -1.71. The maximum Gasteiger partial charge on any atom is 0.335 e. The van der Waals surface area contributed by atoms with Crippen LogP contribution in [-0.2, 0) is 0 Å². The highest BCUT2D eigenvalue weighted by atomic mass is 16.4. The molecule has 0 aromatic heterocycles. The molecule has 1 aromatic carbocycles. The van der Waals surface area contributed by atoms with Gasteiger partial charge in [0.25, 0.3) is 0 Å². The van der Waals surface area contributed by atoms with Crippen molar-refractivity contribution in [3.8, 4) is 0 Å². The highest BCUT2D eigenvalue weighted by molar-refractivity contribution is 5.90. The monoisotopic (exact) mass is 248 g/mol. The molecule has 18 heavy (non-hydrogen) atoms. The summed E-state index contributed by atoms with van der Waals surface area (Å²) < 4.78 is 0. The van der Waals surface area contributed by atoms with E-state index >= 15 is 0 Å². The van der Waals surface area contributed by atoms with E-state index in [1.807, 2.05) is 0 Å². The number of nitrogens with zero attached hydrogens (tertiary/aromatic N) is 1. The number of carboxylic acids is 1. The Balaban J connectivity index is 2.33. The van der Waals surface area contributed by atoms with Crippen molar-refractivity contribution >= 4 is 17.3 Å². The van der Waals surface area contributed by atoms with Crippen LogP contribution in [0, 0.1) is 5.92 Å². The van der Waals surface area contributed by atoms with Crippen LogP contribution < -0.4 is 10.6 Å². The molecule has 0 bridgehead atoms. The molecule has 1 aliphatic rings. The molecule has 0 heterocycles. The van der Waals surface area contributed by atoms with Gasteiger partial charge in [0.2, 0.25) is 0 Å². The summed E-state index contributed by atoms with van der Waals surface area (Å²) in [6, 6.07) is 5.47. The van der Waals surface area contributed by atoms with E-state index in [0.29, 0.717) is 23.2 Å². The van der Waals surface area contributed by atoms with Gasteiger partial charge in [-0.15, -0.1) is 0 Å². The summed E-state index contributed by atoms with van der Waals surface area (Å²) in [4.78, 5) is 13.3. The van der Waals surface area contributed by atoms with Crippen LogP contribution in [0.5, 0.6) is 0 Å². The maximum absolute atomic E-state index is 11.0. The maximum atomic E-state index is 11.0. The molecule has 0 aliphatic heterocycles. The molecular weight excluding hydrogens is 228 g/mol. The number of hydrogen-bond acceptors (Lipinski definition) is 3. The second-order valence-corrected chi connectivity index (χ2v) is 5.36. The fourth-order valence-electron chi connectivity index (χ4n) is 2.15. The zero-order valence-electron chi connectivity index (χ0n) is 10.9. The Morgan fingerprint density at radius 3 is 2.67 bits per heavy atom. The van der Waals surface area contributed by atoms with Gasteiger partial charge in [0.15, 0.2) is 0 Å². The van der Waals surface area contributed by atoms with Gasteiger partial charge in [0.05, 0.1) is 16.9 Å². The number of benzene rings is 1. The van der Waals surface area contributed by atoms with Crippen molar-refractivity contribution in [1.82, 2.24) is 0 Å². The molecule has 0 unspecified atom stereocenters. The molecule has 0 amide bonds. The number of nitrogens with two attached hydrogens (primary N) is 1. The molecule has 0 saturated heterocycles. The van der Waals surface area contributed by atoms with Crippen LogP contribution in [0.3, 0.4) is 0 Å². The van der Waals surface area contributed by atoms with Crippen molar-refractivity contribution in [2.45, 2.75) is 32.7 Å². The van der Waals surface area contributed by atoms with Crippen molar-refractivity contribution in [1.29, 1.82) is 0 Å². The molecule has 0 spiro atoms. The first-order chi connectivity index (χ1) is 8.49. The first kappa shape index (κ1) is 12.7. The fourth-order valence-corrected chi connectivity index (χ4v) is 2.15. The predicted molar refractivity (Wildman–Crippen MR) is 73.0 cm³/mol. The molecule has 3 N–H and O–H groups in total. The number of anilines is 2. The molecule has 1 fully saturated rings. The van der Waals surface area contributed by atoms with Crippen LogP contribution >= 0.6 is 0 Å². The summed E-state index contributed by atoms with van der Waals surface area (Å²) >= 11 is 0. The molecule has 1 aliphatic carbocycles. The SMILES string of the molecule is CC(C)CN(c1cc(C(=O)O)ccc1N)C1CC1. The Kier molecular flexibility index (Phi) is 3.45. The second-order valence-electron chi connectivity index (χ2n) is 5.36. The number of carboxylic acid groups (broad SMARTS) is 1. The van der Waals surface area contributed by atoms with Crippen LogP contribution in [0.2, 0.25) is 0 Å². The summed E-state index contributed by atoms with van der Waals surface area (Å²) in [5.41, 5.74) is 7.82. The van der Waals surface area contributed by atoms with E-state index in [0.717, 1.165) is 12.2 Å². The number of aromatic carboxylic acids is 1. The van der Waals surface area contributed by atoms with Gasteiger partial charge in [0, 0.05) is 12.6 Å². The largest absolute Gasteiger partial charge is 0.478 e. The fraction of sp³-hybridized carbons (Fsp3) is 0.500. The molecule has 98 valence electrons. The van der Waals surface area contributed by atoms with Crippen LogP contribution in [0.4, 0.5) is 11.4 Å². The van der Waals surface area contributed by atoms with E-state index < -0.39 is 5.97 Å². The van der Waals surface area contributed by atoms with Gasteiger partial charge >= 0.3 is 5.97 Å². The molecule has 1 aromatic rings. The quantitative estimate of drug-likeness (QED) is 0.786. The summed E-state index contributed by atoms with van der Waals surface area (Å²) in [5, 5.41) is 9.06. The summed E-state index contributed by atoms with van der Waals surface area (Å²) in [7, 11) is 0. The van der Waals surface area contributed by atoms with Gasteiger partial charge < -0.3 is 15.7 Å². The zero-order chi connectivity index (χ0) is 13.3. The highest BCUT2D eigenvalue weighted by Gasteiger charge is 2.30. The van der Waals surface area contributed by atoms with Crippen molar-refractivity contribution in [2.75, 3.05) is 17.2 Å².